The zero-order valence-corrected chi connectivity index (χ0v) is 14.6. The summed E-state index contributed by atoms with van der Waals surface area (Å²) in [5, 5.41) is 0. The molecule has 0 N–H and O–H groups in total. The Morgan fingerprint density at radius 1 is 1.05 bits per heavy atom. The Labute approximate surface area is 128 Å². The third kappa shape index (κ3) is 6.46. The Morgan fingerprint density at radius 3 is 2.40 bits per heavy atom. The molecule has 1 aliphatic rings. The molecule has 0 amide bonds. The lowest BCUT2D eigenvalue weighted by atomic mass is 9.74. The molecule has 0 spiro atoms. The van der Waals surface area contributed by atoms with Crippen LogP contribution in [0.5, 0.6) is 0 Å². The summed E-state index contributed by atoms with van der Waals surface area (Å²) >= 11 is 0. The molecule has 0 bridgehead atoms. The Balaban J connectivity index is 2.72. The first-order valence-electron chi connectivity index (χ1n) is 9.34. The summed E-state index contributed by atoms with van der Waals surface area (Å²) in [7, 11) is 0. The third-order valence-electron chi connectivity index (χ3n) is 5.55. The van der Waals surface area contributed by atoms with Gasteiger partial charge in [-0.3, -0.25) is 0 Å². The summed E-state index contributed by atoms with van der Waals surface area (Å²) in [6, 6.07) is 0. The summed E-state index contributed by atoms with van der Waals surface area (Å²) in [6.07, 6.45) is 18.3. The van der Waals surface area contributed by atoms with Crippen LogP contribution in [0.1, 0.15) is 98.3 Å². The quantitative estimate of drug-likeness (QED) is 0.453. The SMILES string of the molecule is CCCCC1CCCCCCC(C)C1C/C=C(\C)CC. The van der Waals surface area contributed by atoms with Crippen molar-refractivity contribution in [3.8, 4) is 0 Å². The molecule has 3 atom stereocenters. The summed E-state index contributed by atoms with van der Waals surface area (Å²) < 4.78 is 0. The van der Waals surface area contributed by atoms with E-state index in [-0.39, 0.29) is 0 Å². The monoisotopic (exact) mass is 278 g/mol. The van der Waals surface area contributed by atoms with Crippen molar-refractivity contribution in [2.45, 2.75) is 98.3 Å². The van der Waals surface area contributed by atoms with Crippen molar-refractivity contribution >= 4 is 0 Å². The van der Waals surface area contributed by atoms with Gasteiger partial charge in [-0.15, -0.1) is 0 Å². The number of rotatable bonds is 6. The molecule has 1 fully saturated rings. The first-order valence-corrected chi connectivity index (χ1v) is 9.34. The van der Waals surface area contributed by atoms with Gasteiger partial charge in [0.1, 0.15) is 0 Å². The molecule has 0 aliphatic heterocycles. The smallest absolute Gasteiger partial charge is 0.0314 e. The molecule has 0 nitrogen and oxygen atoms in total. The molecule has 0 heteroatoms. The molecule has 3 unspecified atom stereocenters. The second-order valence-corrected chi connectivity index (χ2v) is 7.17. The summed E-state index contributed by atoms with van der Waals surface area (Å²) in [5.74, 6) is 2.86. The first-order chi connectivity index (χ1) is 9.69. The predicted molar refractivity (Wildman–Crippen MR) is 92.0 cm³/mol. The van der Waals surface area contributed by atoms with E-state index in [0.29, 0.717) is 0 Å². The van der Waals surface area contributed by atoms with E-state index in [2.05, 4.69) is 33.8 Å². The van der Waals surface area contributed by atoms with Crippen LogP contribution in [-0.2, 0) is 0 Å². The van der Waals surface area contributed by atoms with Crippen molar-refractivity contribution in [1.29, 1.82) is 0 Å². The van der Waals surface area contributed by atoms with Crippen LogP contribution < -0.4 is 0 Å². The lowest BCUT2D eigenvalue weighted by molar-refractivity contribution is 0.206. The highest BCUT2D eigenvalue weighted by Gasteiger charge is 2.26. The van der Waals surface area contributed by atoms with Crippen molar-refractivity contribution in [3.63, 3.8) is 0 Å². The molecule has 0 radical (unpaired) electrons. The molecule has 0 aromatic rings. The van der Waals surface area contributed by atoms with Gasteiger partial charge in [-0.25, -0.2) is 0 Å². The Morgan fingerprint density at radius 2 is 1.75 bits per heavy atom. The van der Waals surface area contributed by atoms with Gasteiger partial charge in [0.15, 0.2) is 0 Å². The molecule has 1 saturated carbocycles. The van der Waals surface area contributed by atoms with E-state index in [9.17, 15) is 0 Å². The lowest BCUT2D eigenvalue weighted by Crippen LogP contribution is -2.21. The summed E-state index contributed by atoms with van der Waals surface area (Å²) in [6.45, 7) is 9.46. The minimum absolute atomic E-state index is 0.927. The summed E-state index contributed by atoms with van der Waals surface area (Å²) in [4.78, 5) is 0. The molecular formula is C20H38. The normalized spacial score (nSPS) is 29.6. The van der Waals surface area contributed by atoms with E-state index in [0.717, 1.165) is 17.8 Å². The topological polar surface area (TPSA) is 0 Å². The second-order valence-electron chi connectivity index (χ2n) is 7.17. The maximum Gasteiger partial charge on any atom is -0.0314 e. The fourth-order valence-corrected chi connectivity index (χ4v) is 3.85. The molecule has 1 rings (SSSR count). The number of unbranched alkanes of at least 4 members (excludes halogenated alkanes) is 1. The van der Waals surface area contributed by atoms with Gasteiger partial charge in [-0.2, -0.15) is 0 Å². The molecule has 20 heavy (non-hydrogen) atoms. The van der Waals surface area contributed by atoms with E-state index in [4.69, 9.17) is 0 Å². The second kappa shape index (κ2) is 10.5. The van der Waals surface area contributed by atoms with Crippen molar-refractivity contribution in [3.05, 3.63) is 11.6 Å². The molecule has 1 aliphatic carbocycles. The molecule has 0 heterocycles. The van der Waals surface area contributed by atoms with Gasteiger partial charge in [-0.1, -0.05) is 90.2 Å². The lowest BCUT2D eigenvalue weighted by Gasteiger charge is -2.31. The molecular weight excluding hydrogens is 240 g/mol. The van der Waals surface area contributed by atoms with Crippen molar-refractivity contribution in [2.24, 2.45) is 17.8 Å². The maximum absolute atomic E-state index is 2.55. The van der Waals surface area contributed by atoms with Gasteiger partial charge in [0, 0.05) is 0 Å². The van der Waals surface area contributed by atoms with E-state index >= 15 is 0 Å². The van der Waals surface area contributed by atoms with E-state index in [1.807, 2.05) is 0 Å². The van der Waals surface area contributed by atoms with Gasteiger partial charge in [0.25, 0.3) is 0 Å². The van der Waals surface area contributed by atoms with Gasteiger partial charge >= 0.3 is 0 Å². The van der Waals surface area contributed by atoms with Crippen molar-refractivity contribution < 1.29 is 0 Å². The van der Waals surface area contributed by atoms with Crippen LogP contribution >= 0.6 is 0 Å². The van der Waals surface area contributed by atoms with E-state index in [1.165, 1.54) is 70.6 Å². The number of hydrogen-bond donors (Lipinski definition) is 0. The summed E-state index contributed by atoms with van der Waals surface area (Å²) in [5.41, 5.74) is 1.59. The molecule has 0 aromatic carbocycles. The minimum Gasteiger partial charge on any atom is -0.0853 e. The predicted octanol–water partition coefficient (Wildman–Crippen LogP) is 7.15. The molecule has 0 saturated heterocycles. The Hall–Kier alpha value is -0.260. The molecule has 118 valence electrons. The highest BCUT2D eigenvalue weighted by molar-refractivity contribution is 4.98. The zero-order chi connectivity index (χ0) is 14.8. The van der Waals surface area contributed by atoms with Gasteiger partial charge < -0.3 is 0 Å². The van der Waals surface area contributed by atoms with Crippen LogP contribution in [0, 0.1) is 17.8 Å². The van der Waals surface area contributed by atoms with E-state index in [1.54, 1.807) is 5.57 Å². The number of hydrogen-bond acceptors (Lipinski definition) is 0. The number of allylic oxidation sites excluding steroid dienone is 2. The van der Waals surface area contributed by atoms with Crippen LogP contribution in [0.3, 0.4) is 0 Å². The standard InChI is InChI=1S/C20H38/c1-5-7-13-19-14-11-9-8-10-12-18(4)20(19)16-15-17(3)6-2/h15,18-20H,5-14,16H2,1-4H3/b17-15+. The van der Waals surface area contributed by atoms with Crippen LogP contribution in [0.2, 0.25) is 0 Å². The van der Waals surface area contributed by atoms with Crippen LogP contribution in [0.4, 0.5) is 0 Å². The fourth-order valence-electron chi connectivity index (χ4n) is 3.85. The van der Waals surface area contributed by atoms with Crippen LogP contribution in [-0.4, -0.2) is 0 Å². The van der Waals surface area contributed by atoms with Crippen LogP contribution in [0.25, 0.3) is 0 Å². The Kier molecular flexibility index (Phi) is 9.31. The minimum atomic E-state index is 0.927. The molecule has 0 aromatic heterocycles. The average Bonchev–Trinajstić information content (AvgIpc) is 2.54. The van der Waals surface area contributed by atoms with Crippen molar-refractivity contribution in [1.82, 2.24) is 0 Å². The van der Waals surface area contributed by atoms with Gasteiger partial charge in [-0.05, 0) is 37.5 Å². The highest BCUT2D eigenvalue weighted by Crippen LogP contribution is 2.37. The van der Waals surface area contributed by atoms with Crippen molar-refractivity contribution in [2.75, 3.05) is 0 Å². The van der Waals surface area contributed by atoms with Gasteiger partial charge in [0.05, 0.1) is 0 Å². The van der Waals surface area contributed by atoms with Gasteiger partial charge in [0.2, 0.25) is 0 Å². The highest BCUT2D eigenvalue weighted by atomic mass is 14.3. The largest absolute Gasteiger partial charge is 0.0853 e. The fraction of sp³-hybridized carbons (Fsp3) is 0.900. The van der Waals surface area contributed by atoms with E-state index < -0.39 is 0 Å². The third-order valence-corrected chi connectivity index (χ3v) is 5.55. The average molecular weight is 279 g/mol. The maximum atomic E-state index is 2.55. The zero-order valence-electron chi connectivity index (χ0n) is 14.6. The first kappa shape index (κ1) is 17.8. The Bertz CT molecular complexity index is 263. The van der Waals surface area contributed by atoms with Crippen LogP contribution in [0.15, 0.2) is 11.6 Å².